The molecule has 0 aromatic carbocycles. The topological polar surface area (TPSA) is 88.7 Å². The summed E-state index contributed by atoms with van der Waals surface area (Å²) in [6.45, 7) is 3.19. The van der Waals surface area contributed by atoms with Crippen LogP contribution in [0, 0.1) is 0 Å². The standard InChI is InChI=1S/C18H25N3O4S/c1-24-17(23)13-8-11(10-20-13)21-16(22)15-9-12-14(26-15)2-7-25-18(12)3-5-19-6-4-18/h9,11,13,19-20H,2-8,10H2,1H3,(H,21,22)/t11-,13-/m0/s1. The minimum atomic E-state index is -0.340. The Morgan fingerprint density at radius 2 is 2.19 bits per heavy atom. The summed E-state index contributed by atoms with van der Waals surface area (Å²) in [5, 5.41) is 9.53. The Morgan fingerprint density at radius 1 is 1.38 bits per heavy atom. The van der Waals surface area contributed by atoms with Crippen molar-refractivity contribution in [2.75, 3.05) is 33.4 Å². The maximum Gasteiger partial charge on any atom is 0.322 e. The van der Waals surface area contributed by atoms with Crippen LogP contribution in [0.25, 0.3) is 0 Å². The van der Waals surface area contributed by atoms with E-state index < -0.39 is 0 Å². The van der Waals surface area contributed by atoms with Crippen LogP contribution in [0.3, 0.4) is 0 Å². The van der Waals surface area contributed by atoms with Gasteiger partial charge in [-0.1, -0.05) is 0 Å². The zero-order chi connectivity index (χ0) is 18.1. The number of nitrogens with one attached hydrogen (secondary N) is 3. The van der Waals surface area contributed by atoms with Crippen LogP contribution >= 0.6 is 11.3 Å². The van der Waals surface area contributed by atoms with Gasteiger partial charge in [-0.25, -0.2) is 0 Å². The molecule has 8 heteroatoms. The second-order valence-corrected chi connectivity index (χ2v) is 8.32. The van der Waals surface area contributed by atoms with Crippen LogP contribution in [-0.2, 0) is 26.3 Å². The van der Waals surface area contributed by atoms with E-state index in [9.17, 15) is 9.59 Å². The van der Waals surface area contributed by atoms with E-state index in [4.69, 9.17) is 9.47 Å². The molecule has 26 heavy (non-hydrogen) atoms. The van der Waals surface area contributed by atoms with Crippen molar-refractivity contribution in [3.8, 4) is 0 Å². The van der Waals surface area contributed by atoms with Crippen LogP contribution in [0.5, 0.6) is 0 Å². The normalized spacial score (nSPS) is 27.1. The highest BCUT2D eigenvalue weighted by molar-refractivity contribution is 7.14. The first-order chi connectivity index (χ1) is 12.6. The Bertz CT molecular complexity index is 699. The Balaban J connectivity index is 1.46. The van der Waals surface area contributed by atoms with E-state index in [0.717, 1.165) is 43.8 Å². The highest BCUT2D eigenvalue weighted by Crippen LogP contribution is 2.43. The maximum absolute atomic E-state index is 12.7. The molecule has 0 unspecified atom stereocenters. The zero-order valence-corrected chi connectivity index (χ0v) is 15.7. The molecule has 1 aromatic rings. The number of thiophene rings is 1. The SMILES string of the molecule is COC(=O)[C@@H]1C[C@H](NC(=O)c2cc3c(s2)CCOC32CCNCC2)CN1. The fraction of sp³-hybridized carbons (Fsp3) is 0.667. The number of hydrogen-bond acceptors (Lipinski definition) is 7. The first-order valence-electron chi connectivity index (χ1n) is 9.21. The summed E-state index contributed by atoms with van der Waals surface area (Å²) in [7, 11) is 1.38. The second kappa shape index (κ2) is 7.26. The van der Waals surface area contributed by atoms with Crippen molar-refractivity contribution in [1.82, 2.24) is 16.0 Å². The van der Waals surface area contributed by atoms with Gasteiger partial charge in [0, 0.05) is 23.9 Å². The van der Waals surface area contributed by atoms with Gasteiger partial charge in [-0.3, -0.25) is 9.59 Å². The molecule has 3 aliphatic heterocycles. The number of amides is 1. The fourth-order valence-electron chi connectivity index (χ4n) is 4.20. The van der Waals surface area contributed by atoms with E-state index >= 15 is 0 Å². The molecule has 4 rings (SSSR count). The molecule has 0 saturated carbocycles. The highest BCUT2D eigenvalue weighted by atomic mass is 32.1. The van der Waals surface area contributed by atoms with Gasteiger partial charge < -0.3 is 25.4 Å². The van der Waals surface area contributed by atoms with E-state index in [0.29, 0.717) is 13.0 Å². The third-order valence-electron chi connectivity index (χ3n) is 5.59. The van der Waals surface area contributed by atoms with Crippen molar-refractivity contribution in [2.24, 2.45) is 0 Å². The zero-order valence-electron chi connectivity index (χ0n) is 14.9. The van der Waals surface area contributed by atoms with Gasteiger partial charge in [0.25, 0.3) is 5.91 Å². The van der Waals surface area contributed by atoms with Crippen molar-refractivity contribution in [1.29, 1.82) is 0 Å². The monoisotopic (exact) mass is 379 g/mol. The Kier molecular flexibility index (Phi) is 5.00. The number of rotatable bonds is 3. The highest BCUT2D eigenvalue weighted by Gasteiger charge is 2.41. The van der Waals surface area contributed by atoms with Crippen LogP contribution in [0.1, 0.15) is 39.4 Å². The van der Waals surface area contributed by atoms with E-state index in [1.54, 1.807) is 11.3 Å². The van der Waals surface area contributed by atoms with Crippen LogP contribution in [0.2, 0.25) is 0 Å². The molecular weight excluding hydrogens is 354 g/mol. The molecule has 4 heterocycles. The number of ether oxygens (including phenoxy) is 2. The average Bonchev–Trinajstić information content (AvgIpc) is 3.30. The Labute approximate surface area is 156 Å². The molecular formula is C18H25N3O4S. The summed E-state index contributed by atoms with van der Waals surface area (Å²) in [5.41, 5.74) is 0.982. The number of carbonyl (C=O) groups is 2. The van der Waals surface area contributed by atoms with Gasteiger partial charge in [0.1, 0.15) is 6.04 Å². The quantitative estimate of drug-likeness (QED) is 0.664. The lowest BCUT2D eigenvalue weighted by atomic mass is 9.83. The van der Waals surface area contributed by atoms with Gasteiger partial charge in [0.15, 0.2) is 0 Å². The first-order valence-corrected chi connectivity index (χ1v) is 10.0. The van der Waals surface area contributed by atoms with E-state index in [1.165, 1.54) is 17.6 Å². The van der Waals surface area contributed by atoms with Crippen molar-refractivity contribution >= 4 is 23.2 Å². The predicted molar refractivity (Wildman–Crippen MR) is 97.4 cm³/mol. The van der Waals surface area contributed by atoms with E-state index in [1.807, 2.05) is 6.07 Å². The van der Waals surface area contributed by atoms with Gasteiger partial charge in [-0.05, 0) is 44.0 Å². The van der Waals surface area contributed by atoms with Crippen molar-refractivity contribution in [3.05, 3.63) is 21.4 Å². The summed E-state index contributed by atoms with van der Waals surface area (Å²) in [5.74, 6) is -0.343. The van der Waals surface area contributed by atoms with Crippen molar-refractivity contribution in [2.45, 2.75) is 43.4 Å². The van der Waals surface area contributed by atoms with Gasteiger partial charge >= 0.3 is 5.97 Å². The van der Waals surface area contributed by atoms with Crippen LogP contribution in [0.4, 0.5) is 0 Å². The number of piperidine rings is 1. The number of fused-ring (bicyclic) bond motifs is 2. The Hall–Kier alpha value is -1.48. The van der Waals surface area contributed by atoms with E-state index in [-0.39, 0.29) is 29.6 Å². The van der Waals surface area contributed by atoms with Crippen molar-refractivity contribution < 1.29 is 19.1 Å². The molecule has 0 radical (unpaired) electrons. The largest absolute Gasteiger partial charge is 0.468 e. The molecule has 7 nitrogen and oxygen atoms in total. The maximum atomic E-state index is 12.7. The second-order valence-electron chi connectivity index (χ2n) is 7.18. The summed E-state index contributed by atoms with van der Waals surface area (Å²) in [4.78, 5) is 26.4. The minimum Gasteiger partial charge on any atom is -0.468 e. The smallest absolute Gasteiger partial charge is 0.322 e. The third kappa shape index (κ3) is 3.26. The first kappa shape index (κ1) is 17.9. The van der Waals surface area contributed by atoms with Gasteiger partial charge in [0.2, 0.25) is 0 Å². The number of methoxy groups -OCH3 is 1. The van der Waals surface area contributed by atoms with Gasteiger partial charge in [-0.2, -0.15) is 0 Å². The molecule has 2 atom stereocenters. The molecule has 3 N–H and O–H groups in total. The summed E-state index contributed by atoms with van der Waals surface area (Å²) < 4.78 is 10.9. The van der Waals surface area contributed by atoms with Gasteiger partial charge in [0.05, 0.1) is 24.2 Å². The van der Waals surface area contributed by atoms with E-state index in [2.05, 4.69) is 16.0 Å². The molecule has 2 saturated heterocycles. The lowest BCUT2D eigenvalue weighted by Gasteiger charge is -2.40. The molecule has 0 bridgehead atoms. The fourth-order valence-corrected chi connectivity index (χ4v) is 5.33. The molecule has 142 valence electrons. The number of carbonyl (C=O) groups excluding carboxylic acids is 2. The van der Waals surface area contributed by atoms with Crippen LogP contribution in [-0.4, -0.2) is 57.3 Å². The summed E-state index contributed by atoms with van der Waals surface area (Å²) in [6, 6.07) is 1.63. The lowest BCUT2D eigenvalue weighted by Crippen LogP contribution is -2.44. The van der Waals surface area contributed by atoms with Crippen LogP contribution < -0.4 is 16.0 Å². The third-order valence-corrected chi connectivity index (χ3v) is 6.79. The van der Waals surface area contributed by atoms with Gasteiger partial charge in [-0.15, -0.1) is 11.3 Å². The Morgan fingerprint density at radius 3 is 2.96 bits per heavy atom. The lowest BCUT2D eigenvalue weighted by molar-refractivity contribution is -0.142. The number of esters is 1. The average molecular weight is 379 g/mol. The molecule has 0 aliphatic carbocycles. The minimum absolute atomic E-state index is 0.0604. The molecule has 1 spiro atoms. The van der Waals surface area contributed by atoms with Crippen LogP contribution in [0.15, 0.2) is 6.07 Å². The number of hydrogen-bond donors (Lipinski definition) is 3. The molecule has 3 aliphatic rings. The summed E-state index contributed by atoms with van der Waals surface area (Å²) >= 11 is 1.58. The molecule has 1 aromatic heterocycles. The summed E-state index contributed by atoms with van der Waals surface area (Å²) in [6.07, 6.45) is 3.33. The van der Waals surface area contributed by atoms with Crippen molar-refractivity contribution in [3.63, 3.8) is 0 Å². The molecule has 1 amide bonds. The predicted octanol–water partition coefficient (Wildman–Crippen LogP) is 0.533. The molecule has 2 fully saturated rings.